The smallest absolute Gasteiger partial charge is 0.0735 e. The van der Waals surface area contributed by atoms with Crippen LogP contribution >= 0.6 is 23.2 Å². The predicted octanol–water partition coefficient (Wildman–Crippen LogP) is 5.37. The van der Waals surface area contributed by atoms with Crippen LogP contribution in [0, 0.1) is 0 Å². The summed E-state index contributed by atoms with van der Waals surface area (Å²) in [6, 6.07) is 7.72. The molecular weight excluding hydrogens is 265 g/mol. The molecule has 0 amide bonds. The van der Waals surface area contributed by atoms with E-state index in [9.17, 15) is 0 Å². The summed E-state index contributed by atoms with van der Waals surface area (Å²) >= 11 is 12.4. The van der Waals surface area contributed by atoms with Gasteiger partial charge in [-0.2, -0.15) is 0 Å². The van der Waals surface area contributed by atoms with Gasteiger partial charge < -0.3 is 0 Å². The van der Waals surface area contributed by atoms with Crippen LogP contribution in [0.2, 0.25) is 10.0 Å². The van der Waals surface area contributed by atoms with Crippen molar-refractivity contribution < 1.29 is 0 Å². The highest BCUT2D eigenvalue weighted by Crippen LogP contribution is 2.41. The van der Waals surface area contributed by atoms with Crippen LogP contribution in [0.4, 0.5) is 0 Å². The number of aromatic nitrogens is 1. The average Bonchev–Trinajstić information content (AvgIpc) is 2.77. The van der Waals surface area contributed by atoms with Crippen molar-refractivity contribution in [2.45, 2.75) is 38.0 Å². The van der Waals surface area contributed by atoms with E-state index in [1.165, 1.54) is 25.7 Å². The normalized spacial score (nSPS) is 18.4. The monoisotopic (exact) mass is 279 g/mol. The van der Waals surface area contributed by atoms with Crippen LogP contribution in [0.25, 0.3) is 10.9 Å². The van der Waals surface area contributed by atoms with Crippen LogP contribution in [-0.4, -0.2) is 4.98 Å². The first-order chi connectivity index (χ1) is 8.58. The molecule has 0 radical (unpaired) electrons. The molecule has 1 aliphatic carbocycles. The molecule has 1 saturated carbocycles. The van der Waals surface area contributed by atoms with Gasteiger partial charge in [-0.15, -0.1) is 0 Å². The van der Waals surface area contributed by atoms with E-state index in [2.05, 4.69) is 6.92 Å². The molecule has 0 N–H and O–H groups in total. The highest BCUT2D eigenvalue weighted by molar-refractivity contribution is 6.36. The third-order valence-corrected chi connectivity index (χ3v) is 4.59. The highest BCUT2D eigenvalue weighted by Gasteiger charge is 2.32. The minimum Gasteiger partial charge on any atom is -0.252 e. The summed E-state index contributed by atoms with van der Waals surface area (Å²) in [6.45, 7) is 2.29. The molecule has 0 bridgehead atoms. The van der Waals surface area contributed by atoms with Gasteiger partial charge in [0.05, 0.1) is 10.5 Å². The van der Waals surface area contributed by atoms with E-state index < -0.39 is 0 Å². The average molecular weight is 280 g/mol. The number of hydrogen-bond acceptors (Lipinski definition) is 1. The van der Waals surface area contributed by atoms with Crippen LogP contribution in [0.5, 0.6) is 0 Å². The van der Waals surface area contributed by atoms with Crippen molar-refractivity contribution in [3.8, 4) is 0 Å². The molecule has 0 spiro atoms. The second kappa shape index (κ2) is 4.40. The maximum atomic E-state index is 6.37. The molecule has 3 heteroatoms. The van der Waals surface area contributed by atoms with Gasteiger partial charge in [0.15, 0.2) is 0 Å². The molecule has 18 heavy (non-hydrogen) atoms. The SMILES string of the molecule is CC1(c2cc(Cl)c3ccc(Cl)cc3n2)CCCC1. The fourth-order valence-electron chi connectivity index (χ4n) is 2.88. The highest BCUT2D eigenvalue weighted by atomic mass is 35.5. The Morgan fingerprint density at radius 3 is 2.56 bits per heavy atom. The van der Waals surface area contributed by atoms with Crippen LogP contribution in [0.3, 0.4) is 0 Å². The molecular formula is C15H15Cl2N. The zero-order valence-corrected chi connectivity index (χ0v) is 11.9. The van der Waals surface area contributed by atoms with E-state index in [1.54, 1.807) is 0 Å². The summed E-state index contributed by atoms with van der Waals surface area (Å²) in [6.07, 6.45) is 4.96. The summed E-state index contributed by atoms with van der Waals surface area (Å²) in [5.74, 6) is 0. The van der Waals surface area contributed by atoms with E-state index >= 15 is 0 Å². The first-order valence-corrected chi connectivity index (χ1v) is 7.10. The first-order valence-electron chi connectivity index (χ1n) is 6.35. The van der Waals surface area contributed by atoms with Crippen LogP contribution in [0.15, 0.2) is 24.3 Å². The number of benzene rings is 1. The predicted molar refractivity (Wildman–Crippen MR) is 77.6 cm³/mol. The maximum absolute atomic E-state index is 6.37. The topological polar surface area (TPSA) is 12.9 Å². The van der Waals surface area contributed by atoms with Gasteiger partial charge in [0, 0.05) is 21.5 Å². The van der Waals surface area contributed by atoms with E-state index in [0.717, 1.165) is 21.6 Å². The fraction of sp³-hybridized carbons (Fsp3) is 0.400. The zero-order valence-electron chi connectivity index (χ0n) is 10.3. The van der Waals surface area contributed by atoms with Crippen LogP contribution < -0.4 is 0 Å². The van der Waals surface area contributed by atoms with Crippen LogP contribution in [-0.2, 0) is 5.41 Å². The standard InChI is InChI=1S/C15H15Cl2N/c1-15(6-2-3-7-15)14-9-12(17)11-5-4-10(16)8-13(11)18-14/h4-5,8-9H,2-3,6-7H2,1H3. The Morgan fingerprint density at radius 2 is 1.83 bits per heavy atom. The van der Waals surface area contributed by atoms with Crippen molar-refractivity contribution in [3.05, 3.63) is 40.0 Å². The number of halogens is 2. The van der Waals surface area contributed by atoms with Crippen molar-refractivity contribution in [2.75, 3.05) is 0 Å². The lowest BCUT2D eigenvalue weighted by Gasteiger charge is -2.23. The van der Waals surface area contributed by atoms with E-state index in [0.29, 0.717) is 5.02 Å². The molecule has 1 nitrogen and oxygen atoms in total. The molecule has 1 heterocycles. The fourth-order valence-corrected chi connectivity index (χ4v) is 3.31. The van der Waals surface area contributed by atoms with Gasteiger partial charge in [-0.3, -0.25) is 4.98 Å². The Labute approximate surface area is 117 Å². The molecule has 1 fully saturated rings. The summed E-state index contributed by atoms with van der Waals surface area (Å²) in [5, 5.41) is 2.46. The minimum atomic E-state index is 0.181. The van der Waals surface area contributed by atoms with Gasteiger partial charge >= 0.3 is 0 Å². The number of rotatable bonds is 1. The summed E-state index contributed by atoms with van der Waals surface area (Å²) < 4.78 is 0. The van der Waals surface area contributed by atoms with E-state index in [4.69, 9.17) is 28.2 Å². The molecule has 1 aliphatic rings. The van der Waals surface area contributed by atoms with Gasteiger partial charge in [0.1, 0.15) is 0 Å². The first kappa shape index (κ1) is 12.3. The molecule has 1 aromatic carbocycles. The van der Waals surface area contributed by atoms with Crippen molar-refractivity contribution in [2.24, 2.45) is 0 Å². The van der Waals surface area contributed by atoms with Crippen molar-refractivity contribution >= 4 is 34.1 Å². The molecule has 0 atom stereocenters. The van der Waals surface area contributed by atoms with Gasteiger partial charge in [0.25, 0.3) is 0 Å². The Hall–Kier alpha value is -0.790. The van der Waals surface area contributed by atoms with Gasteiger partial charge in [-0.25, -0.2) is 0 Å². The van der Waals surface area contributed by atoms with Crippen molar-refractivity contribution in [1.29, 1.82) is 0 Å². The second-order valence-electron chi connectivity index (χ2n) is 5.42. The lowest BCUT2D eigenvalue weighted by molar-refractivity contribution is 0.477. The number of hydrogen-bond donors (Lipinski definition) is 0. The molecule has 3 rings (SSSR count). The molecule has 2 aromatic rings. The number of nitrogens with zero attached hydrogens (tertiary/aromatic N) is 1. The van der Waals surface area contributed by atoms with E-state index in [-0.39, 0.29) is 5.41 Å². The van der Waals surface area contributed by atoms with Gasteiger partial charge in [-0.05, 0) is 37.1 Å². The molecule has 94 valence electrons. The minimum absolute atomic E-state index is 0.181. The van der Waals surface area contributed by atoms with Crippen molar-refractivity contribution in [3.63, 3.8) is 0 Å². The van der Waals surface area contributed by atoms with Crippen LogP contribution in [0.1, 0.15) is 38.3 Å². The summed E-state index contributed by atoms with van der Waals surface area (Å²) in [4.78, 5) is 4.78. The zero-order chi connectivity index (χ0) is 12.8. The molecule has 0 aliphatic heterocycles. The maximum Gasteiger partial charge on any atom is 0.0735 e. The molecule has 0 unspecified atom stereocenters. The second-order valence-corrected chi connectivity index (χ2v) is 6.26. The molecule has 0 saturated heterocycles. The summed E-state index contributed by atoms with van der Waals surface area (Å²) in [5.41, 5.74) is 2.19. The molecule has 1 aromatic heterocycles. The van der Waals surface area contributed by atoms with E-state index in [1.807, 2.05) is 24.3 Å². The summed E-state index contributed by atoms with van der Waals surface area (Å²) in [7, 11) is 0. The Kier molecular flexibility index (Phi) is 2.99. The van der Waals surface area contributed by atoms with Gasteiger partial charge in [0.2, 0.25) is 0 Å². The quantitative estimate of drug-likeness (QED) is 0.684. The Balaban J connectivity index is 2.19. The Morgan fingerprint density at radius 1 is 1.11 bits per heavy atom. The van der Waals surface area contributed by atoms with Gasteiger partial charge in [-0.1, -0.05) is 43.0 Å². The third kappa shape index (κ3) is 2.00. The lowest BCUT2D eigenvalue weighted by Crippen LogP contribution is -2.18. The largest absolute Gasteiger partial charge is 0.252 e. The third-order valence-electron chi connectivity index (χ3n) is 4.05. The number of pyridine rings is 1. The lowest BCUT2D eigenvalue weighted by atomic mass is 9.84. The van der Waals surface area contributed by atoms with Crippen molar-refractivity contribution in [1.82, 2.24) is 4.98 Å². The number of fused-ring (bicyclic) bond motifs is 1. The Bertz CT molecular complexity index is 601.